The Morgan fingerprint density at radius 2 is 1.82 bits per heavy atom. The van der Waals surface area contributed by atoms with Gasteiger partial charge in [-0.25, -0.2) is 4.79 Å². The molecule has 0 aromatic carbocycles. The highest BCUT2D eigenvalue weighted by Gasteiger charge is 2.12. The number of methoxy groups -OCH3 is 1. The first kappa shape index (κ1) is 18.8. The number of hydrogen-bond donors (Lipinski definition) is 0. The van der Waals surface area contributed by atoms with Crippen LogP contribution in [0.4, 0.5) is 0 Å². The molecule has 0 unspecified atom stereocenters. The average molecular weight is 308 g/mol. The van der Waals surface area contributed by atoms with Gasteiger partial charge < -0.3 is 9.47 Å². The Morgan fingerprint density at radius 1 is 1.14 bits per heavy atom. The molecule has 0 aliphatic carbocycles. The summed E-state index contributed by atoms with van der Waals surface area (Å²) in [6, 6.07) is 0. The molecule has 0 N–H and O–H groups in total. The van der Waals surface area contributed by atoms with E-state index in [-0.39, 0.29) is 5.97 Å². The third-order valence-electron chi connectivity index (χ3n) is 4.13. The van der Waals surface area contributed by atoms with Gasteiger partial charge in [-0.3, -0.25) is 0 Å². The van der Waals surface area contributed by atoms with Crippen molar-refractivity contribution < 1.29 is 14.3 Å². The highest BCUT2D eigenvalue weighted by molar-refractivity contribution is 5.82. The number of hydrogen-bond acceptors (Lipinski definition) is 3. The van der Waals surface area contributed by atoms with Crippen molar-refractivity contribution in [2.24, 2.45) is 0 Å². The number of allylic oxidation sites excluding steroid dienone is 2. The minimum Gasteiger partial charge on any atom is -0.494 e. The van der Waals surface area contributed by atoms with Crippen LogP contribution >= 0.6 is 0 Å². The lowest BCUT2D eigenvalue weighted by Crippen LogP contribution is -2.06. The average Bonchev–Trinajstić information content (AvgIpc) is 2.56. The molecule has 1 aliphatic heterocycles. The molecule has 0 radical (unpaired) electrons. The van der Waals surface area contributed by atoms with Crippen LogP contribution in [0.3, 0.4) is 0 Å². The molecule has 0 fully saturated rings. The van der Waals surface area contributed by atoms with Crippen LogP contribution in [0.2, 0.25) is 0 Å². The molecule has 0 bridgehead atoms. The van der Waals surface area contributed by atoms with Crippen molar-refractivity contribution in [3.05, 3.63) is 23.5 Å². The SMILES string of the molecule is CCCCCCCCCCC1=C(/C=C/C(=O)OC)OCCC1. The van der Waals surface area contributed by atoms with E-state index in [0.29, 0.717) is 0 Å². The fourth-order valence-electron chi connectivity index (χ4n) is 2.79. The molecular formula is C19H32O3. The van der Waals surface area contributed by atoms with Crippen LogP contribution in [0.5, 0.6) is 0 Å². The second-order valence-electron chi connectivity index (χ2n) is 6.00. The molecule has 0 atom stereocenters. The summed E-state index contributed by atoms with van der Waals surface area (Å²) >= 11 is 0. The maximum absolute atomic E-state index is 11.2. The smallest absolute Gasteiger partial charge is 0.330 e. The van der Waals surface area contributed by atoms with Gasteiger partial charge in [0.15, 0.2) is 0 Å². The van der Waals surface area contributed by atoms with E-state index in [9.17, 15) is 4.79 Å². The molecule has 22 heavy (non-hydrogen) atoms. The summed E-state index contributed by atoms with van der Waals surface area (Å²) in [5.41, 5.74) is 1.36. The van der Waals surface area contributed by atoms with Gasteiger partial charge in [-0.05, 0) is 37.3 Å². The highest BCUT2D eigenvalue weighted by atomic mass is 16.5. The predicted octanol–water partition coefficient (Wildman–Crippen LogP) is 5.31. The van der Waals surface area contributed by atoms with Crippen LogP contribution in [0, 0.1) is 0 Å². The van der Waals surface area contributed by atoms with Gasteiger partial charge in [-0.15, -0.1) is 0 Å². The van der Waals surface area contributed by atoms with Gasteiger partial charge in [0.2, 0.25) is 0 Å². The Balaban J connectivity index is 2.26. The van der Waals surface area contributed by atoms with Gasteiger partial charge in [0.25, 0.3) is 0 Å². The normalized spacial score (nSPS) is 15.2. The third-order valence-corrected chi connectivity index (χ3v) is 4.13. The first-order valence-electron chi connectivity index (χ1n) is 8.88. The monoisotopic (exact) mass is 308 g/mol. The molecule has 0 saturated carbocycles. The topological polar surface area (TPSA) is 35.5 Å². The Bertz CT molecular complexity index is 369. The zero-order valence-electron chi connectivity index (χ0n) is 14.4. The summed E-state index contributed by atoms with van der Waals surface area (Å²) < 4.78 is 10.3. The van der Waals surface area contributed by atoms with E-state index in [2.05, 4.69) is 11.7 Å². The van der Waals surface area contributed by atoms with Gasteiger partial charge in [-0.1, -0.05) is 51.9 Å². The molecule has 1 aliphatic rings. The van der Waals surface area contributed by atoms with Crippen LogP contribution in [0.15, 0.2) is 23.5 Å². The van der Waals surface area contributed by atoms with Crippen molar-refractivity contribution >= 4 is 5.97 Å². The van der Waals surface area contributed by atoms with Gasteiger partial charge in [0.05, 0.1) is 13.7 Å². The minimum absolute atomic E-state index is 0.326. The number of carbonyl (C=O) groups excluding carboxylic acids is 1. The molecule has 1 rings (SSSR count). The summed E-state index contributed by atoms with van der Waals surface area (Å²) in [4.78, 5) is 11.2. The van der Waals surface area contributed by atoms with Gasteiger partial charge in [-0.2, -0.15) is 0 Å². The lowest BCUT2D eigenvalue weighted by atomic mass is 9.98. The van der Waals surface area contributed by atoms with Crippen LogP contribution in [-0.4, -0.2) is 19.7 Å². The largest absolute Gasteiger partial charge is 0.494 e. The van der Waals surface area contributed by atoms with E-state index in [4.69, 9.17) is 4.74 Å². The summed E-state index contributed by atoms with van der Waals surface area (Å²) in [7, 11) is 1.39. The molecule has 0 aromatic heterocycles. The van der Waals surface area contributed by atoms with Crippen molar-refractivity contribution in [2.45, 2.75) is 77.6 Å². The molecule has 3 heteroatoms. The van der Waals surface area contributed by atoms with Crippen LogP contribution in [0.25, 0.3) is 0 Å². The van der Waals surface area contributed by atoms with Crippen molar-refractivity contribution in [2.75, 3.05) is 13.7 Å². The molecule has 1 heterocycles. The Morgan fingerprint density at radius 3 is 2.50 bits per heavy atom. The van der Waals surface area contributed by atoms with Crippen molar-refractivity contribution in [3.8, 4) is 0 Å². The van der Waals surface area contributed by atoms with E-state index in [1.165, 1.54) is 70.1 Å². The first-order valence-corrected chi connectivity index (χ1v) is 8.88. The zero-order valence-corrected chi connectivity index (χ0v) is 14.4. The van der Waals surface area contributed by atoms with E-state index in [1.54, 1.807) is 6.08 Å². The number of carbonyl (C=O) groups is 1. The quantitative estimate of drug-likeness (QED) is 0.295. The predicted molar refractivity (Wildman–Crippen MR) is 90.6 cm³/mol. The molecule has 0 amide bonds. The lowest BCUT2D eigenvalue weighted by molar-refractivity contribution is -0.134. The fourth-order valence-corrected chi connectivity index (χ4v) is 2.79. The lowest BCUT2D eigenvalue weighted by Gasteiger charge is -2.19. The maximum Gasteiger partial charge on any atom is 0.330 e. The zero-order chi connectivity index (χ0) is 16.0. The van der Waals surface area contributed by atoms with Crippen molar-refractivity contribution in [1.82, 2.24) is 0 Å². The number of ether oxygens (including phenoxy) is 2. The van der Waals surface area contributed by atoms with Gasteiger partial charge >= 0.3 is 5.97 Å². The summed E-state index contributed by atoms with van der Waals surface area (Å²) in [5, 5.41) is 0. The second-order valence-corrected chi connectivity index (χ2v) is 6.00. The van der Waals surface area contributed by atoms with Gasteiger partial charge in [0.1, 0.15) is 5.76 Å². The molecule has 0 saturated heterocycles. The molecular weight excluding hydrogens is 276 g/mol. The highest BCUT2D eigenvalue weighted by Crippen LogP contribution is 2.25. The summed E-state index contributed by atoms with van der Waals surface area (Å²) in [6.07, 6.45) is 17.2. The van der Waals surface area contributed by atoms with Crippen LogP contribution in [0.1, 0.15) is 77.6 Å². The third kappa shape index (κ3) is 8.26. The Labute approximate surface area is 135 Å². The minimum atomic E-state index is -0.326. The molecule has 0 aromatic rings. The van der Waals surface area contributed by atoms with Crippen molar-refractivity contribution in [3.63, 3.8) is 0 Å². The van der Waals surface area contributed by atoms with E-state index >= 15 is 0 Å². The summed E-state index contributed by atoms with van der Waals surface area (Å²) in [5.74, 6) is 0.563. The molecule has 3 nitrogen and oxygen atoms in total. The molecule has 0 spiro atoms. The molecule has 126 valence electrons. The summed E-state index contributed by atoms with van der Waals surface area (Å²) in [6.45, 7) is 3.01. The van der Waals surface area contributed by atoms with Gasteiger partial charge in [0, 0.05) is 6.08 Å². The van der Waals surface area contributed by atoms with Crippen LogP contribution < -0.4 is 0 Å². The standard InChI is InChI=1S/C19H32O3/c1-3-4-5-6-7-8-9-10-12-17-13-11-16-22-18(17)14-15-19(20)21-2/h14-15H,3-13,16H2,1-2H3/b15-14+. The fraction of sp³-hybridized carbons (Fsp3) is 0.737. The van der Waals surface area contributed by atoms with Crippen molar-refractivity contribution in [1.29, 1.82) is 0 Å². The number of esters is 1. The second kappa shape index (κ2) is 12.3. The Hall–Kier alpha value is -1.25. The van der Waals surface area contributed by atoms with E-state index in [1.807, 2.05) is 0 Å². The van der Waals surface area contributed by atoms with E-state index < -0.39 is 0 Å². The maximum atomic E-state index is 11.2. The van der Waals surface area contributed by atoms with E-state index in [0.717, 1.165) is 31.6 Å². The number of unbranched alkanes of at least 4 members (excludes halogenated alkanes) is 7. The Kier molecular flexibility index (Phi) is 10.5. The van der Waals surface area contributed by atoms with Crippen LogP contribution in [-0.2, 0) is 14.3 Å². The number of rotatable bonds is 11. The first-order chi connectivity index (χ1) is 10.8.